The second-order valence-corrected chi connectivity index (χ2v) is 4.47. The van der Waals surface area contributed by atoms with Gasteiger partial charge >= 0.3 is 0 Å². The molecule has 2 aromatic rings. The molecule has 0 fully saturated rings. The number of pyridine rings is 1. The minimum Gasteiger partial charge on any atom is -0.493 e. The van der Waals surface area contributed by atoms with Gasteiger partial charge in [-0.2, -0.15) is 0 Å². The molecule has 0 aliphatic heterocycles. The van der Waals surface area contributed by atoms with E-state index in [-0.39, 0.29) is 6.04 Å². The Labute approximate surface area is 113 Å². The Balaban J connectivity index is 2.28. The number of aryl methyl sites for hydroxylation is 1. The van der Waals surface area contributed by atoms with Crippen molar-refractivity contribution in [3.05, 3.63) is 47.7 Å². The molecule has 4 nitrogen and oxygen atoms in total. The molecule has 1 unspecified atom stereocenters. The molecule has 0 aliphatic carbocycles. The molecule has 0 radical (unpaired) electrons. The summed E-state index contributed by atoms with van der Waals surface area (Å²) in [6.07, 6.45) is 1.69. The fourth-order valence-corrected chi connectivity index (χ4v) is 1.74. The number of benzene rings is 1. The molecule has 19 heavy (non-hydrogen) atoms. The Kier molecular flexibility index (Phi) is 4.02. The van der Waals surface area contributed by atoms with Crippen LogP contribution in [0.4, 0.5) is 0 Å². The van der Waals surface area contributed by atoms with Gasteiger partial charge in [0, 0.05) is 18.3 Å². The predicted molar refractivity (Wildman–Crippen MR) is 74.6 cm³/mol. The third kappa shape index (κ3) is 3.23. The minimum atomic E-state index is -0.0507. The minimum absolute atomic E-state index is 0.0507. The van der Waals surface area contributed by atoms with E-state index in [0.29, 0.717) is 17.4 Å². The highest BCUT2D eigenvalue weighted by Crippen LogP contribution is 2.31. The van der Waals surface area contributed by atoms with Crippen molar-refractivity contribution in [1.82, 2.24) is 4.98 Å². The monoisotopic (exact) mass is 258 g/mol. The highest BCUT2D eigenvalue weighted by atomic mass is 16.5. The molecule has 1 aromatic heterocycles. The standard InChI is InChI=1S/C15H18N2O2/c1-10-4-5-13(14(8-10)18-3)19-15-9-12(11(2)16)6-7-17-15/h4-9,11H,16H2,1-3H3. The van der Waals surface area contributed by atoms with Crippen molar-refractivity contribution in [2.75, 3.05) is 7.11 Å². The van der Waals surface area contributed by atoms with E-state index in [9.17, 15) is 0 Å². The van der Waals surface area contributed by atoms with Crippen LogP contribution in [0, 0.1) is 6.92 Å². The van der Waals surface area contributed by atoms with Crippen LogP contribution in [0.25, 0.3) is 0 Å². The predicted octanol–water partition coefficient (Wildman–Crippen LogP) is 3.21. The first-order valence-corrected chi connectivity index (χ1v) is 6.14. The molecule has 0 spiro atoms. The smallest absolute Gasteiger partial charge is 0.219 e. The average Bonchev–Trinajstić information content (AvgIpc) is 2.41. The molecule has 2 N–H and O–H groups in total. The van der Waals surface area contributed by atoms with Gasteiger partial charge in [0.05, 0.1) is 7.11 Å². The van der Waals surface area contributed by atoms with Gasteiger partial charge in [0.2, 0.25) is 5.88 Å². The third-order valence-electron chi connectivity index (χ3n) is 2.82. The number of hydrogen-bond donors (Lipinski definition) is 1. The number of aromatic nitrogens is 1. The van der Waals surface area contributed by atoms with Gasteiger partial charge in [0.15, 0.2) is 11.5 Å². The third-order valence-corrected chi connectivity index (χ3v) is 2.82. The van der Waals surface area contributed by atoms with E-state index in [0.717, 1.165) is 11.1 Å². The summed E-state index contributed by atoms with van der Waals surface area (Å²) < 4.78 is 11.1. The summed E-state index contributed by atoms with van der Waals surface area (Å²) in [5, 5.41) is 0. The number of hydrogen-bond acceptors (Lipinski definition) is 4. The van der Waals surface area contributed by atoms with E-state index in [2.05, 4.69) is 4.98 Å². The van der Waals surface area contributed by atoms with Gasteiger partial charge in [-0.3, -0.25) is 0 Å². The van der Waals surface area contributed by atoms with Crippen molar-refractivity contribution < 1.29 is 9.47 Å². The van der Waals surface area contributed by atoms with Crippen LogP contribution in [0.3, 0.4) is 0 Å². The Bertz CT molecular complexity index is 568. The number of nitrogens with zero attached hydrogens (tertiary/aromatic N) is 1. The molecule has 0 aliphatic rings. The molecule has 0 amide bonds. The highest BCUT2D eigenvalue weighted by Gasteiger charge is 2.08. The maximum absolute atomic E-state index is 5.84. The van der Waals surface area contributed by atoms with Crippen molar-refractivity contribution in [3.63, 3.8) is 0 Å². The van der Waals surface area contributed by atoms with Crippen LogP contribution in [0.15, 0.2) is 36.5 Å². The Morgan fingerprint density at radius 2 is 1.95 bits per heavy atom. The molecule has 0 saturated carbocycles. The highest BCUT2D eigenvalue weighted by molar-refractivity contribution is 5.44. The summed E-state index contributed by atoms with van der Waals surface area (Å²) >= 11 is 0. The van der Waals surface area contributed by atoms with E-state index in [4.69, 9.17) is 15.2 Å². The molecule has 2 rings (SSSR count). The first kappa shape index (κ1) is 13.4. The van der Waals surface area contributed by atoms with Gasteiger partial charge < -0.3 is 15.2 Å². The number of rotatable bonds is 4. The van der Waals surface area contributed by atoms with E-state index >= 15 is 0 Å². The van der Waals surface area contributed by atoms with Crippen molar-refractivity contribution >= 4 is 0 Å². The molecule has 100 valence electrons. The summed E-state index contributed by atoms with van der Waals surface area (Å²) in [6.45, 7) is 3.92. The van der Waals surface area contributed by atoms with E-state index in [1.807, 2.05) is 44.2 Å². The van der Waals surface area contributed by atoms with Crippen molar-refractivity contribution in [3.8, 4) is 17.4 Å². The summed E-state index contributed by atoms with van der Waals surface area (Å²) in [6, 6.07) is 9.42. The van der Waals surface area contributed by atoms with Crippen LogP contribution >= 0.6 is 0 Å². The van der Waals surface area contributed by atoms with Crippen LogP contribution < -0.4 is 15.2 Å². The maximum Gasteiger partial charge on any atom is 0.219 e. The molecule has 0 bridgehead atoms. The first-order valence-electron chi connectivity index (χ1n) is 6.14. The van der Waals surface area contributed by atoms with Crippen LogP contribution in [0.5, 0.6) is 17.4 Å². The van der Waals surface area contributed by atoms with Gasteiger partial charge in [-0.05, 0) is 43.2 Å². The zero-order valence-electron chi connectivity index (χ0n) is 11.4. The van der Waals surface area contributed by atoms with E-state index < -0.39 is 0 Å². The topological polar surface area (TPSA) is 57.4 Å². The van der Waals surface area contributed by atoms with Crippen LogP contribution in [0.2, 0.25) is 0 Å². The molecule has 0 saturated heterocycles. The van der Waals surface area contributed by atoms with Crippen LogP contribution in [0.1, 0.15) is 24.1 Å². The zero-order valence-corrected chi connectivity index (χ0v) is 11.4. The lowest BCUT2D eigenvalue weighted by molar-refractivity contribution is 0.373. The summed E-state index contributed by atoms with van der Waals surface area (Å²) in [5.74, 6) is 1.84. The summed E-state index contributed by atoms with van der Waals surface area (Å²) in [7, 11) is 1.62. The van der Waals surface area contributed by atoms with E-state index in [1.165, 1.54) is 0 Å². The van der Waals surface area contributed by atoms with Gasteiger partial charge in [0.25, 0.3) is 0 Å². The van der Waals surface area contributed by atoms with Crippen molar-refractivity contribution in [2.45, 2.75) is 19.9 Å². The van der Waals surface area contributed by atoms with Crippen LogP contribution in [-0.2, 0) is 0 Å². The van der Waals surface area contributed by atoms with Gasteiger partial charge in [-0.1, -0.05) is 6.07 Å². The second kappa shape index (κ2) is 5.71. The van der Waals surface area contributed by atoms with Gasteiger partial charge in [-0.15, -0.1) is 0 Å². The van der Waals surface area contributed by atoms with Crippen LogP contribution in [-0.4, -0.2) is 12.1 Å². The maximum atomic E-state index is 5.84. The lowest BCUT2D eigenvalue weighted by Crippen LogP contribution is -2.05. The number of nitrogens with two attached hydrogens (primary N) is 1. The lowest BCUT2D eigenvalue weighted by atomic mass is 10.1. The number of ether oxygens (including phenoxy) is 2. The lowest BCUT2D eigenvalue weighted by Gasteiger charge is -2.11. The summed E-state index contributed by atoms with van der Waals surface area (Å²) in [5.41, 5.74) is 7.94. The van der Waals surface area contributed by atoms with Gasteiger partial charge in [-0.25, -0.2) is 4.98 Å². The van der Waals surface area contributed by atoms with Gasteiger partial charge in [0.1, 0.15) is 0 Å². The Morgan fingerprint density at radius 1 is 1.16 bits per heavy atom. The normalized spacial score (nSPS) is 12.0. The molecule has 1 heterocycles. The van der Waals surface area contributed by atoms with Crippen molar-refractivity contribution in [2.24, 2.45) is 5.73 Å². The summed E-state index contributed by atoms with van der Waals surface area (Å²) in [4.78, 5) is 4.18. The second-order valence-electron chi connectivity index (χ2n) is 4.47. The fraction of sp³-hybridized carbons (Fsp3) is 0.267. The molecular weight excluding hydrogens is 240 g/mol. The molecule has 1 atom stereocenters. The molecule has 1 aromatic carbocycles. The zero-order chi connectivity index (χ0) is 13.8. The quantitative estimate of drug-likeness (QED) is 0.914. The Hall–Kier alpha value is -2.07. The average molecular weight is 258 g/mol. The largest absolute Gasteiger partial charge is 0.493 e. The SMILES string of the molecule is COc1cc(C)ccc1Oc1cc(C(C)N)ccn1. The van der Waals surface area contributed by atoms with Crippen molar-refractivity contribution in [1.29, 1.82) is 0 Å². The first-order chi connectivity index (χ1) is 9.10. The Morgan fingerprint density at radius 3 is 2.63 bits per heavy atom. The molecular formula is C15H18N2O2. The van der Waals surface area contributed by atoms with E-state index in [1.54, 1.807) is 13.3 Å². The molecule has 4 heteroatoms. The fourth-order valence-electron chi connectivity index (χ4n) is 1.74. The number of methoxy groups -OCH3 is 1.